The maximum absolute atomic E-state index is 9.33. The van der Waals surface area contributed by atoms with E-state index in [0.717, 1.165) is 5.56 Å². The van der Waals surface area contributed by atoms with E-state index in [9.17, 15) is 5.11 Å². The molecule has 1 atom stereocenters. The third kappa shape index (κ3) is 3.09. The van der Waals surface area contributed by atoms with Crippen molar-refractivity contribution in [2.24, 2.45) is 0 Å². The number of benzene rings is 2. The van der Waals surface area contributed by atoms with E-state index < -0.39 is 6.10 Å². The van der Waals surface area contributed by atoms with Gasteiger partial charge in [-0.2, -0.15) is 5.26 Å². The van der Waals surface area contributed by atoms with Gasteiger partial charge in [0, 0.05) is 0 Å². The van der Waals surface area contributed by atoms with E-state index in [1.54, 1.807) is 30.3 Å². The third-order valence-electron chi connectivity index (χ3n) is 2.57. The van der Waals surface area contributed by atoms with Crippen LogP contribution in [0.1, 0.15) is 17.2 Å². The molecule has 1 N–H and O–H groups in total. The summed E-state index contributed by atoms with van der Waals surface area (Å²) in [5.74, 6) is 0.716. The summed E-state index contributed by atoms with van der Waals surface area (Å²) in [4.78, 5) is 0. The van der Waals surface area contributed by atoms with Gasteiger partial charge in [0.1, 0.15) is 12.4 Å². The van der Waals surface area contributed by atoms with Crippen LogP contribution >= 0.6 is 0 Å². The summed E-state index contributed by atoms with van der Waals surface area (Å²) in [7, 11) is 0. The number of aliphatic hydroxyl groups excluding tert-OH is 1. The molecule has 0 radical (unpaired) electrons. The molecule has 2 rings (SSSR count). The number of aliphatic hydroxyl groups is 1. The van der Waals surface area contributed by atoms with Crippen LogP contribution in [0.3, 0.4) is 0 Å². The molecule has 3 nitrogen and oxygen atoms in total. The minimum absolute atomic E-state index is 0.501. The van der Waals surface area contributed by atoms with E-state index in [1.165, 1.54) is 0 Å². The lowest BCUT2D eigenvalue weighted by molar-refractivity contribution is 0.235. The topological polar surface area (TPSA) is 53.2 Å². The van der Waals surface area contributed by atoms with Crippen LogP contribution in [-0.2, 0) is 6.61 Å². The lowest BCUT2D eigenvalue weighted by Gasteiger charge is -2.07. The summed E-state index contributed by atoms with van der Waals surface area (Å²) in [5.41, 5.74) is 1.67. The first-order valence-corrected chi connectivity index (χ1v) is 5.64. The molecule has 0 fully saturated rings. The minimum atomic E-state index is -1.08. The van der Waals surface area contributed by atoms with Gasteiger partial charge in [-0.3, -0.25) is 0 Å². The first-order valence-electron chi connectivity index (χ1n) is 5.64. The highest BCUT2D eigenvalue weighted by atomic mass is 16.5. The Hall–Kier alpha value is -2.31. The van der Waals surface area contributed by atoms with E-state index in [4.69, 9.17) is 10.00 Å². The lowest BCUT2D eigenvalue weighted by atomic mass is 10.1. The molecule has 0 spiro atoms. The molecule has 0 aliphatic carbocycles. The van der Waals surface area contributed by atoms with Crippen molar-refractivity contribution < 1.29 is 9.84 Å². The third-order valence-corrected chi connectivity index (χ3v) is 2.57. The van der Waals surface area contributed by atoms with Gasteiger partial charge in [-0.1, -0.05) is 42.5 Å². The molecule has 0 aliphatic heterocycles. The maximum Gasteiger partial charge on any atom is 0.165 e. The molecular weight excluding hydrogens is 226 g/mol. The average molecular weight is 239 g/mol. The van der Waals surface area contributed by atoms with Crippen molar-refractivity contribution in [1.82, 2.24) is 0 Å². The average Bonchev–Trinajstić information content (AvgIpc) is 2.46. The van der Waals surface area contributed by atoms with E-state index in [1.807, 2.05) is 30.3 Å². The van der Waals surface area contributed by atoms with Crippen LogP contribution in [0.15, 0.2) is 54.6 Å². The van der Waals surface area contributed by atoms with Crippen molar-refractivity contribution in [2.45, 2.75) is 12.7 Å². The smallest absolute Gasteiger partial charge is 0.165 e. The van der Waals surface area contributed by atoms with Gasteiger partial charge in [0.15, 0.2) is 6.10 Å². The Morgan fingerprint density at radius 1 is 1.06 bits per heavy atom. The van der Waals surface area contributed by atoms with Gasteiger partial charge >= 0.3 is 0 Å². The van der Waals surface area contributed by atoms with Crippen LogP contribution in [0.2, 0.25) is 0 Å². The maximum atomic E-state index is 9.33. The van der Waals surface area contributed by atoms with Crippen LogP contribution in [0.25, 0.3) is 0 Å². The van der Waals surface area contributed by atoms with Gasteiger partial charge in [-0.05, 0) is 23.3 Å². The molecule has 2 aromatic rings. The summed E-state index contributed by atoms with van der Waals surface area (Å²) in [6, 6.07) is 18.5. The Labute approximate surface area is 106 Å². The summed E-state index contributed by atoms with van der Waals surface area (Å²) in [5, 5.41) is 17.9. The van der Waals surface area contributed by atoms with Crippen LogP contribution < -0.4 is 4.74 Å². The predicted molar refractivity (Wildman–Crippen MR) is 67.8 cm³/mol. The highest BCUT2D eigenvalue weighted by molar-refractivity contribution is 5.30. The molecule has 0 saturated carbocycles. The Morgan fingerprint density at radius 3 is 2.33 bits per heavy atom. The largest absolute Gasteiger partial charge is 0.489 e. The zero-order valence-corrected chi connectivity index (χ0v) is 9.78. The second-order valence-corrected chi connectivity index (χ2v) is 3.87. The summed E-state index contributed by atoms with van der Waals surface area (Å²) in [6.07, 6.45) is -1.08. The molecule has 3 heteroatoms. The molecule has 90 valence electrons. The van der Waals surface area contributed by atoms with Crippen molar-refractivity contribution in [2.75, 3.05) is 0 Å². The molecule has 0 heterocycles. The number of rotatable bonds is 4. The van der Waals surface area contributed by atoms with Crippen molar-refractivity contribution in [1.29, 1.82) is 5.26 Å². The predicted octanol–water partition coefficient (Wildman–Crippen LogP) is 2.82. The molecule has 18 heavy (non-hydrogen) atoms. The molecule has 0 aliphatic rings. The Morgan fingerprint density at radius 2 is 1.72 bits per heavy atom. The Kier molecular flexibility index (Phi) is 3.95. The fraction of sp³-hybridized carbons (Fsp3) is 0.133. The quantitative estimate of drug-likeness (QED) is 0.835. The fourth-order valence-corrected chi connectivity index (χ4v) is 1.56. The van der Waals surface area contributed by atoms with Crippen molar-refractivity contribution >= 4 is 0 Å². The molecule has 0 amide bonds. The number of hydrogen-bond donors (Lipinski definition) is 1. The summed E-state index contributed by atoms with van der Waals surface area (Å²) >= 11 is 0. The van der Waals surface area contributed by atoms with Gasteiger partial charge in [-0.15, -0.1) is 0 Å². The molecule has 0 bridgehead atoms. The molecule has 2 aromatic carbocycles. The molecular formula is C15H13NO2. The highest BCUT2D eigenvalue weighted by Gasteiger charge is 2.04. The first-order chi connectivity index (χ1) is 8.79. The summed E-state index contributed by atoms with van der Waals surface area (Å²) in [6.45, 7) is 0.501. The Bertz CT molecular complexity index is 529. The second-order valence-electron chi connectivity index (χ2n) is 3.87. The standard InChI is InChI=1S/C15H13NO2/c16-10-15(17)13-6-8-14(9-7-13)18-11-12-4-2-1-3-5-12/h1-9,15,17H,11H2/t15-/m1/s1. The van der Waals surface area contributed by atoms with Crippen LogP contribution in [-0.4, -0.2) is 5.11 Å². The zero-order chi connectivity index (χ0) is 12.8. The SMILES string of the molecule is N#C[C@@H](O)c1ccc(OCc2ccccc2)cc1. The van der Waals surface area contributed by atoms with Crippen molar-refractivity contribution in [3.8, 4) is 11.8 Å². The number of ether oxygens (including phenoxy) is 1. The van der Waals surface area contributed by atoms with E-state index in [-0.39, 0.29) is 0 Å². The monoisotopic (exact) mass is 239 g/mol. The fourth-order valence-electron chi connectivity index (χ4n) is 1.56. The summed E-state index contributed by atoms with van der Waals surface area (Å²) < 4.78 is 5.60. The van der Waals surface area contributed by atoms with Crippen LogP contribution in [0.5, 0.6) is 5.75 Å². The molecule has 0 unspecified atom stereocenters. The normalized spacial score (nSPS) is 11.6. The van der Waals surface area contributed by atoms with Crippen LogP contribution in [0.4, 0.5) is 0 Å². The van der Waals surface area contributed by atoms with Gasteiger partial charge in [0.2, 0.25) is 0 Å². The van der Waals surface area contributed by atoms with Gasteiger partial charge in [-0.25, -0.2) is 0 Å². The first kappa shape index (κ1) is 12.2. The van der Waals surface area contributed by atoms with E-state index in [0.29, 0.717) is 17.9 Å². The Balaban J connectivity index is 1.97. The number of nitriles is 1. The highest BCUT2D eigenvalue weighted by Crippen LogP contribution is 2.18. The van der Waals surface area contributed by atoms with E-state index in [2.05, 4.69) is 0 Å². The number of nitrogens with zero attached hydrogens (tertiary/aromatic N) is 1. The van der Waals surface area contributed by atoms with Crippen molar-refractivity contribution in [3.63, 3.8) is 0 Å². The van der Waals surface area contributed by atoms with Gasteiger partial charge in [0.05, 0.1) is 6.07 Å². The lowest BCUT2D eigenvalue weighted by Crippen LogP contribution is -1.96. The van der Waals surface area contributed by atoms with Gasteiger partial charge < -0.3 is 9.84 Å². The minimum Gasteiger partial charge on any atom is -0.489 e. The van der Waals surface area contributed by atoms with Crippen LogP contribution in [0, 0.1) is 11.3 Å². The molecule has 0 aromatic heterocycles. The number of hydrogen-bond acceptors (Lipinski definition) is 3. The second kappa shape index (κ2) is 5.85. The van der Waals surface area contributed by atoms with Crippen molar-refractivity contribution in [3.05, 3.63) is 65.7 Å². The van der Waals surface area contributed by atoms with E-state index >= 15 is 0 Å². The molecule has 0 saturated heterocycles. The zero-order valence-electron chi connectivity index (χ0n) is 9.78. The van der Waals surface area contributed by atoms with Gasteiger partial charge in [0.25, 0.3) is 0 Å².